The Hall–Kier alpha value is -2.88. The molecule has 0 N–H and O–H groups in total. The van der Waals surface area contributed by atoms with Gasteiger partial charge in [-0.1, -0.05) is 18.2 Å². The molecule has 4 nitrogen and oxygen atoms in total. The number of benzene rings is 2. The first kappa shape index (κ1) is 14.1. The molecule has 0 spiro atoms. The number of hydrogen-bond acceptors (Lipinski definition) is 4. The highest BCUT2D eigenvalue weighted by atomic mass is 16.5. The first-order valence-corrected chi connectivity index (χ1v) is 6.94. The summed E-state index contributed by atoms with van der Waals surface area (Å²) in [5, 5.41) is 0. The fraction of sp³-hybridized carbons (Fsp3) is 0.111. The average Bonchev–Trinajstić information content (AvgIpc) is 2.92. The van der Waals surface area contributed by atoms with Gasteiger partial charge in [-0.2, -0.15) is 0 Å². The summed E-state index contributed by atoms with van der Waals surface area (Å²) in [6, 6.07) is 13.0. The van der Waals surface area contributed by atoms with Gasteiger partial charge in [0, 0.05) is 12.2 Å². The van der Waals surface area contributed by atoms with Crippen molar-refractivity contribution in [2.75, 3.05) is 0 Å². The molecule has 1 aromatic heterocycles. The van der Waals surface area contributed by atoms with E-state index in [0.717, 1.165) is 16.6 Å². The van der Waals surface area contributed by atoms with Crippen LogP contribution in [0.3, 0.4) is 0 Å². The molecule has 2 aromatic carbocycles. The van der Waals surface area contributed by atoms with E-state index in [1.807, 2.05) is 50.2 Å². The zero-order valence-electron chi connectivity index (χ0n) is 12.4. The quantitative estimate of drug-likeness (QED) is 0.415. The van der Waals surface area contributed by atoms with Gasteiger partial charge in [0.1, 0.15) is 11.3 Å². The highest BCUT2D eigenvalue weighted by molar-refractivity contribution is 5.88. The van der Waals surface area contributed by atoms with Crippen LogP contribution in [0.5, 0.6) is 5.75 Å². The normalized spacial score (nSPS) is 11.2. The lowest BCUT2D eigenvalue weighted by Gasteiger charge is -2.04. The maximum Gasteiger partial charge on any atom is 0.336 e. The van der Waals surface area contributed by atoms with Crippen LogP contribution in [0, 0.1) is 13.8 Å². The largest absolute Gasteiger partial charge is 0.437 e. The summed E-state index contributed by atoms with van der Waals surface area (Å²) in [7, 11) is 0. The van der Waals surface area contributed by atoms with E-state index in [0.29, 0.717) is 17.2 Å². The van der Waals surface area contributed by atoms with Gasteiger partial charge in [-0.25, -0.2) is 9.78 Å². The summed E-state index contributed by atoms with van der Waals surface area (Å²) in [5.41, 5.74) is 3.67. The number of oxazole rings is 1. The lowest BCUT2D eigenvalue weighted by molar-refractivity contribution is -0.128. The van der Waals surface area contributed by atoms with Crippen molar-refractivity contribution in [2.45, 2.75) is 13.8 Å². The maximum atomic E-state index is 11.8. The number of rotatable bonds is 3. The molecule has 0 aliphatic carbocycles. The number of ether oxygens (including phenoxy) is 1. The molecule has 0 unspecified atom stereocenters. The van der Waals surface area contributed by atoms with Gasteiger partial charge in [0.2, 0.25) is 5.89 Å². The Morgan fingerprint density at radius 1 is 1.14 bits per heavy atom. The van der Waals surface area contributed by atoms with Crippen LogP contribution in [-0.2, 0) is 4.79 Å². The van der Waals surface area contributed by atoms with Crippen molar-refractivity contribution in [3.05, 3.63) is 65.6 Å². The second-order valence-corrected chi connectivity index (χ2v) is 5.02. The molecule has 0 saturated carbocycles. The van der Waals surface area contributed by atoms with Gasteiger partial charge < -0.3 is 9.15 Å². The van der Waals surface area contributed by atoms with Crippen molar-refractivity contribution in [3.8, 4) is 5.75 Å². The van der Waals surface area contributed by atoms with E-state index in [1.165, 1.54) is 12.2 Å². The van der Waals surface area contributed by atoms with Crippen molar-refractivity contribution >= 4 is 23.1 Å². The first-order chi connectivity index (χ1) is 10.6. The minimum absolute atomic E-state index is 0.373. The Kier molecular flexibility index (Phi) is 3.74. The summed E-state index contributed by atoms with van der Waals surface area (Å²) in [5.74, 6) is 0.430. The Balaban J connectivity index is 1.71. The molecule has 0 radical (unpaired) electrons. The van der Waals surface area contributed by atoms with Gasteiger partial charge in [-0.15, -0.1) is 0 Å². The zero-order chi connectivity index (χ0) is 15.5. The van der Waals surface area contributed by atoms with Gasteiger partial charge >= 0.3 is 5.97 Å². The molecule has 110 valence electrons. The van der Waals surface area contributed by atoms with Crippen LogP contribution in [-0.4, -0.2) is 11.0 Å². The molecular formula is C18H15NO3. The molecule has 0 amide bonds. The predicted octanol–water partition coefficient (Wildman–Crippen LogP) is 4.06. The van der Waals surface area contributed by atoms with Crippen molar-refractivity contribution in [2.24, 2.45) is 0 Å². The van der Waals surface area contributed by atoms with Crippen LogP contribution in [0.1, 0.15) is 17.0 Å². The lowest BCUT2D eigenvalue weighted by atomic mass is 10.1. The number of carbonyl (C=O) groups excluding carboxylic acids is 1. The topological polar surface area (TPSA) is 52.3 Å². The highest BCUT2D eigenvalue weighted by Gasteiger charge is 2.05. The number of aromatic nitrogens is 1. The van der Waals surface area contributed by atoms with E-state index < -0.39 is 5.97 Å². The van der Waals surface area contributed by atoms with Crippen molar-refractivity contribution in [1.82, 2.24) is 4.98 Å². The van der Waals surface area contributed by atoms with Gasteiger partial charge in [-0.05, 0) is 49.2 Å². The smallest absolute Gasteiger partial charge is 0.336 e. The van der Waals surface area contributed by atoms with Gasteiger partial charge in [0.15, 0.2) is 5.58 Å². The van der Waals surface area contributed by atoms with Crippen LogP contribution >= 0.6 is 0 Å². The number of nitrogens with zero attached hydrogens (tertiary/aromatic N) is 1. The van der Waals surface area contributed by atoms with Crippen LogP contribution < -0.4 is 4.74 Å². The predicted molar refractivity (Wildman–Crippen MR) is 84.6 cm³/mol. The summed E-state index contributed by atoms with van der Waals surface area (Å²) in [6.07, 6.45) is 2.81. The second-order valence-electron chi connectivity index (χ2n) is 5.02. The molecule has 3 aromatic rings. The summed E-state index contributed by atoms with van der Waals surface area (Å²) < 4.78 is 10.7. The number of fused-ring (bicyclic) bond motifs is 1. The Labute approximate surface area is 128 Å². The fourth-order valence-electron chi connectivity index (χ4n) is 2.03. The molecule has 0 aliphatic rings. The molecule has 22 heavy (non-hydrogen) atoms. The summed E-state index contributed by atoms with van der Waals surface area (Å²) in [4.78, 5) is 16.1. The number of hydrogen-bond donors (Lipinski definition) is 0. The minimum atomic E-state index is -0.467. The SMILES string of the molecule is Cc1ccc(OC(=O)/C=C/c2nc3ccccc3o2)cc1C. The number of aryl methyl sites for hydroxylation is 2. The third-order valence-electron chi connectivity index (χ3n) is 3.37. The first-order valence-electron chi connectivity index (χ1n) is 6.94. The molecule has 0 atom stereocenters. The van der Waals surface area contributed by atoms with E-state index in [-0.39, 0.29) is 0 Å². The second kappa shape index (κ2) is 5.85. The Bertz CT molecular complexity index is 829. The van der Waals surface area contributed by atoms with Gasteiger partial charge in [-0.3, -0.25) is 0 Å². The Morgan fingerprint density at radius 3 is 2.73 bits per heavy atom. The average molecular weight is 293 g/mol. The molecule has 1 heterocycles. The van der Waals surface area contributed by atoms with E-state index in [2.05, 4.69) is 4.98 Å². The number of para-hydroxylation sites is 2. The highest BCUT2D eigenvalue weighted by Crippen LogP contribution is 2.18. The monoisotopic (exact) mass is 293 g/mol. The molecule has 4 heteroatoms. The zero-order valence-corrected chi connectivity index (χ0v) is 12.4. The molecule has 0 saturated heterocycles. The third kappa shape index (κ3) is 3.06. The van der Waals surface area contributed by atoms with E-state index >= 15 is 0 Å². The van der Waals surface area contributed by atoms with Crippen molar-refractivity contribution in [1.29, 1.82) is 0 Å². The molecule has 3 rings (SSSR count). The maximum absolute atomic E-state index is 11.8. The standard InChI is InChI=1S/C18H15NO3/c1-12-7-8-14(11-13(12)2)21-18(20)10-9-17-19-15-5-3-4-6-16(15)22-17/h3-11H,1-2H3/b10-9+. The molecular weight excluding hydrogens is 278 g/mol. The van der Waals surface area contributed by atoms with Gasteiger partial charge in [0.05, 0.1) is 0 Å². The van der Waals surface area contributed by atoms with Crippen LogP contribution in [0.25, 0.3) is 17.2 Å². The van der Waals surface area contributed by atoms with E-state index in [4.69, 9.17) is 9.15 Å². The fourth-order valence-corrected chi connectivity index (χ4v) is 2.03. The molecule has 0 bridgehead atoms. The Morgan fingerprint density at radius 2 is 1.95 bits per heavy atom. The minimum Gasteiger partial charge on any atom is -0.437 e. The summed E-state index contributed by atoms with van der Waals surface area (Å²) in [6.45, 7) is 3.98. The van der Waals surface area contributed by atoms with Crippen molar-refractivity contribution < 1.29 is 13.9 Å². The number of esters is 1. The van der Waals surface area contributed by atoms with Crippen LogP contribution in [0.4, 0.5) is 0 Å². The number of carbonyl (C=O) groups is 1. The molecule has 0 fully saturated rings. The van der Waals surface area contributed by atoms with E-state index in [1.54, 1.807) is 6.07 Å². The van der Waals surface area contributed by atoms with Crippen molar-refractivity contribution in [3.63, 3.8) is 0 Å². The van der Waals surface area contributed by atoms with E-state index in [9.17, 15) is 4.79 Å². The van der Waals surface area contributed by atoms with Crippen LogP contribution in [0.2, 0.25) is 0 Å². The van der Waals surface area contributed by atoms with Crippen LogP contribution in [0.15, 0.2) is 53.0 Å². The third-order valence-corrected chi connectivity index (χ3v) is 3.37. The summed E-state index contributed by atoms with van der Waals surface area (Å²) >= 11 is 0. The van der Waals surface area contributed by atoms with Gasteiger partial charge in [0.25, 0.3) is 0 Å². The molecule has 0 aliphatic heterocycles. The lowest BCUT2D eigenvalue weighted by Crippen LogP contribution is -2.03.